The van der Waals surface area contributed by atoms with Crippen molar-refractivity contribution in [3.63, 3.8) is 0 Å². The van der Waals surface area contributed by atoms with Gasteiger partial charge in [0.15, 0.2) is 0 Å². The van der Waals surface area contributed by atoms with E-state index in [1.54, 1.807) is 23.6 Å². The van der Waals surface area contributed by atoms with Crippen molar-refractivity contribution < 1.29 is 4.39 Å². The monoisotopic (exact) mass is 222 g/mol. The molecule has 1 unspecified atom stereocenters. The van der Waals surface area contributed by atoms with Crippen LogP contribution >= 0.6 is 11.3 Å². The van der Waals surface area contributed by atoms with E-state index in [1.807, 2.05) is 17.5 Å². The molecule has 0 aliphatic rings. The van der Waals surface area contributed by atoms with Crippen LogP contribution in [0.5, 0.6) is 0 Å². The zero-order chi connectivity index (χ0) is 10.7. The number of nitrogens with zero attached hydrogens (tertiary/aromatic N) is 1. The van der Waals surface area contributed by atoms with Crippen LogP contribution in [-0.2, 0) is 6.42 Å². The molecule has 15 heavy (non-hydrogen) atoms. The van der Waals surface area contributed by atoms with Crippen molar-refractivity contribution in [1.82, 2.24) is 4.98 Å². The predicted octanol–water partition coefficient (Wildman–Crippen LogP) is 2.52. The lowest BCUT2D eigenvalue weighted by Crippen LogP contribution is -2.14. The van der Waals surface area contributed by atoms with Gasteiger partial charge >= 0.3 is 0 Å². The number of pyridine rings is 1. The van der Waals surface area contributed by atoms with Gasteiger partial charge in [0, 0.05) is 29.1 Å². The summed E-state index contributed by atoms with van der Waals surface area (Å²) in [5.74, 6) is -0.332. The third kappa shape index (κ3) is 2.40. The molecule has 0 spiro atoms. The number of rotatable bonds is 3. The number of hydrogen-bond donors (Lipinski definition) is 1. The maximum atomic E-state index is 13.3. The zero-order valence-corrected chi connectivity index (χ0v) is 8.88. The van der Waals surface area contributed by atoms with Crippen LogP contribution in [0.15, 0.2) is 36.0 Å². The minimum atomic E-state index is -0.332. The fourth-order valence-corrected chi connectivity index (χ4v) is 2.21. The minimum absolute atomic E-state index is 0.299. The molecule has 0 aliphatic carbocycles. The molecule has 0 bridgehead atoms. The highest BCUT2D eigenvalue weighted by molar-refractivity contribution is 7.09. The molecule has 2 aromatic rings. The number of thiophene rings is 1. The van der Waals surface area contributed by atoms with Crippen LogP contribution in [0.3, 0.4) is 0 Å². The van der Waals surface area contributed by atoms with E-state index in [-0.39, 0.29) is 11.9 Å². The van der Waals surface area contributed by atoms with Gasteiger partial charge in [-0.2, -0.15) is 0 Å². The van der Waals surface area contributed by atoms with Gasteiger partial charge in [-0.05, 0) is 17.5 Å². The van der Waals surface area contributed by atoms with Gasteiger partial charge < -0.3 is 5.73 Å². The molecule has 0 saturated carbocycles. The highest BCUT2D eigenvalue weighted by Gasteiger charge is 2.11. The molecular formula is C11H11FN2S. The Balaban J connectivity index is 2.15. The van der Waals surface area contributed by atoms with Gasteiger partial charge in [0.1, 0.15) is 5.82 Å². The summed E-state index contributed by atoms with van der Waals surface area (Å²) >= 11 is 1.63. The topological polar surface area (TPSA) is 38.9 Å². The summed E-state index contributed by atoms with van der Waals surface area (Å²) in [5.41, 5.74) is 6.45. The van der Waals surface area contributed by atoms with Crippen LogP contribution < -0.4 is 5.73 Å². The Morgan fingerprint density at radius 1 is 1.47 bits per heavy atom. The van der Waals surface area contributed by atoms with Crippen LogP contribution in [0.2, 0.25) is 0 Å². The van der Waals surface area contributed by atoms with Crippen molar-refractivity contribution >= 4 is 11.3 Å². The first-order chi connectivity index (χ1) is 7.27. The van der Waals surface area contributed by atoms with Crippen molar-refractivity contribution in [2.45, 2.75) is 12.5 Å². The number of halogens is 1. The van der Waals surface area contributed by atoms with Crippen LogP contribution in [0.1, 0.15) is 16.5 Å². The molecule has 2 aromatic heterocycles. The molecule has 2 N–H and O–H groups in total. The highest BCUT2D eigenvalue weighted by Crippen LogP contribution is 2.20. The second-order valence-electron chi connectivity index (χ2n) is 3.29. The van der Waals surface area contributed by atoms with Crippen molar-refractivity contribution in [2.24, 2.45) is 5.73 Å². The third-order valence-corrected chi connectivity index (χ3v) is 3.10. The van der Waals surface area contributed by atoms with E-state index in [2.05, 4.69) is 4.98 Å². The van der Waals surface area contributed by atoms with Crippen molar-refractivity contribution in [3.05, 3.63) is 52.2 Å². The molecule has 2 rings (SSSR count). The summed E-state index contributed by atoms with van der Waals surface area (Å²) in [7, 11) is 0. The number of nitrogens with two attached hydrogens (primary N) is 1. The summed E-state index contributed by atoms with van der Waals surface area (Å²) < 4.78 is 13.3. The fraction of sp³-hybridized carbons (Fsp3) is 0.182. The van der Waals surface area contributed by atoms with Gasteiger partial charge in [-0.1, -0.05) is 6.07 Å². The van der Waals surface area contributed by atoms with E-state index < -0.39 is 0 Å². The van der Waals surface area contributed by atoms with E-state index in [4.69, 9.17) is 5.73 Å². The lowest BCUT2D eigenvalue weighted by molar-refractivity contribution is 0.576. The molecule has 0 amide bonds. The van der Waals surface area contributed by atoms with E-state index in [0.717, 1.165) is 0 Å². The van der Waals surface area contributed by atoms with Crippen LogP contribution in [-0.4, -0.2) is 4.98 Å². The van der Waals surface area contributed by atoms with Gasteiger partial charge in [-0.15, -0.1) is 11.3 Å². The molecule has 4 heteroatoms. The first kappa shape index (κ1) is 10.3. The number of hydrogen-bond acceptors (Lipinski definition) is 3. The first-order valence-corrected chi connectivity index (χ1v) is 5.52. The zero-order valence-electron chi connectivity index (χ0n) is 8.06. The lowest BCUT2D eigenvalue weighted by atomic mass is 10.1. The maximum Gasteiger partial charge on any atom is 0.146 e. The van der Waals surface area contributed by atoms with E-state index in [9.17, 15) is 4.39 Å². The van der Waals surface area contributed by atoms with Crippen LogP contribution in [0.4, 0.5) is 4.39 Å². The second kappa shape index (κ2) is 4.51. The number of aromatic nitrogens is 1. The highest BCUT2D eigenvalue weighted by atomic mass is 32.1. The Morgan fingerprint density at radius 2 is 2.33 bits per heavy atom. The molecular weight excluding hydrogens is 211 g/mol. The molecule has 2 heterocycles. The Kier molecular flexibility index (Phi) is 3.08. The van der Waals surface area contributed by atoms with Gasteiger partial charge in [0.2, 0.25) is 0 Å². The summed E-state index contributed by atoms with van der Waals surface area (Å²) in [6.07, 6.45) is 3.43. The minimum Gasteiger partial charge on any atom is -0.324 e. The first-order valence-electron chi connectivity index (χ1n) is 4.65. The molecule has 0 aromatic carbocycles. The quantitative estimate of drug-likeness (QED) is 0.866. The Bertz CT molecular complexity index is 428. The summed E-state index contributed by atoms with van der Waals surface area (Å²) in [5, 5.41) is 1.99. The Morgan fingerprint density at radius 3 is 3.00 bits per heavy atom. The average Bonchev–Trinajstić information content (AvgIpc) is 2.71. The molecule has 78 valence electrons. The molecule has 2 nitrogen and oxygen atoms in total. The molecule has 0 saturated heterocycles. The van der Waals surface area contributed by atoms with E-state index in [1.165, 1.54) is 11.1 Å². The SMILES string of the molecule is NC(Cc1cccs1)c1ccncc1F. The lowest BCUT2D eigenvalue weighted by Gasteiger charge is -2.10. The van der Waals surface area contributed by atoms with Gasteiger partial charge in [-0.25, -0.2) is 4.39 Å². The van der Waals surface area contributed by atoms with Gasteiger partial charge in [-0.3, -0.25) is 4.98 Å². The van der Waals surface area contributed by atoms with Crippen LogP contribution in [0, 0.1) is 5.82 Å². The normalized spacial score (nSPS) is 12.7. The third-order valence-electron chi connectivity index (χ3n) is 2.20. The Labute approximate surface area is 91.6 Å². The summed E-state index contributed by atoms with van der Waals surface area (Å²) in [6.45, 7) is 0. The van der Waals surface area contributed by atoms with Gasteiger partial charge in [0.05, 0.1) is 6.20 Å². The molecule has 0 aliphatic heterocycles. The van der Waals surface area contributed by atoms with Gasteiger partial charge in [0.25, 0.3) is 0 Å². The Hall–Kier alpha value is -1.26. The average molecular weight is 222 g/mol. The molecule has 1 atom stereocenters. The largest absolute Gasteiger partial charge is 0.324 e. The fourth-order valence-electron chi connectivity index (χ4n) is 1.44. The van der Waals surface area contributed by atoms with Crippen molar-refractivity contribution in [2.75, 3.05) is 0 Å². The standard InChI is InChI=1S/C11H11FN2S/c12-10-7-14-4-3-9(10)11(13)6-8-2-1-5-15-8/h1-5,7,11H,6,13H2. The smallest absolute Gasteiger partial charge is 0.146 e. The van der Waals surface area contributed by atoms with Crippen LogP contribution in [0.25, 0.3) is 0 Å². The summed E-state index contributed by atoms with van der Waals surface area (Å²) in [6, 6.07) is 5.30. The maximum absolute atomic E-state index is 13.3. The summed E-state index contributed by atoms with van der Waals surface area (Å²) in [4.78, 5) is 4.86. The predicted molar refractivity (Wildman–Crippen MR) is 59.1 cm³/mol. The van der Waals surface area contributed by atoms with E-state index >= 15 is 0 Å². The van der Waals surface area contributed by atoms with Crippen molar-refractivity contribution in [1.29, 1.82) is 0 Å². The van der Waals surface area contributed by atoms with E-state index in [0.29, 0.717) is 12.0 Å². The van der Waals surface area contributed by atoms with Crippen molar-refractivity contribution in [3.8, 4) is 0 Å². The molecule has 0 fully saturated rings. The second-order valence-corrected chi connectivity index (χ2v) is 4.32. The molecule has 0 radical (unpaired) electrons.